The van der Waals surface area contributed by atoms with Crippen molar-refractivity contribution in [3.63, 3.8) is 0 Å². The highest BCUT2D eigenvalue weighted by atomic mass is 32.2. The Morgan fingerprint density at radius 1 is 1.50 bits per heavy atom. The van der Waals surface area contributed by atoms with Crippen LogP contribution in [0.3, 0.4) is 0 Å². The van der Waals surface area contributed by atoms with Crippen LogP contribution < -0.4 is 11.1 Å². The molecule has 3 nitrogen and oxygen atoms in total. The number of para-hydroxylation sites is 1. The van der Waals surface area contributed by atoms with Crippen molar-refractivity contribution in [3.8, 4) is 0 Å². The van der Waals surface area contributed by atoms with Gasteiger partial charge in [0, 0.05) is 17.5 Å². The van der Waals surface area contributed by atoms with E-state index >= 15 is 0 Å². The quantitative estimate of drug-likeness (QED) is 0.825. The lowest BCUT2D eigenvalue weighted by Crippen LogP contribution is -2.32. The number of rotatable bonds is 3. The third kappa shape index (κ3) is 3.19. The molecule has 1 aliphatic rings. The standard InChI is InChI=1S/C14H20N2OS/c1-10-5-4-7-12(13(10)15)14(17)16-9-11-6-2-3-8-18-11/h4-5,7,11H,2-3,6,8-9,15H2,1H3,(H,16,17). The molecule has 1 atom stereocenters. The molecule has 1 saturated heterocycles. The van der Waals surface area contributed by atoms with Crippen LogP contribution in [0.2, 0.25) is 0 Å². The molecule has 1 unspecified atom stereocenters. The van der Waals surface area contributed by atoms with Gasteiger partial charge in [0.15, 0.2) is 0 Å². The van der Waals surface area contributed by atoms with Crippen LogP contribution >= 0.6 is 11.8 Å². The van der Waals surface area contributed by atoms with E-state index in [-0.39, 0.29) is 5.91 Å². The summed E-state index contributed by atoms with van der Waals surface area (Å²) in [6.45, 7) is 2.67. The van der Waals surface area contributed by atoms with Gasteiger partial charge in [-0.05, 0) is 37.1 Å². The topological polar surface area (TPSA) is 55.1 Å². The number of aryl methyl sites for hydroxylation is 1. The molecule has 0 bridgehead atoms. The van der Waals surface area contributed by atoms with E-state index in [0.717, 1.165) is 12.1 Å². The van der Waals surface area contributed by atoms with E-state index in [1.807, 2.05) is 30.8 Å². The Morgan fingerprint density at radius 3 is 3.06 bits per heavy atom. The normalized spacial score (nSPS) is 19.5. The van der Waals surface area contributed by atoms with Crippen molar-refractivity contribution in [2.45, 2.75) is 31.4 Å². The summed E-state index contributed by atoms with van der Waals surface area (Å²) >= 11 is 1.96. The fourth-order valence-electron chi connectivity index (χ4n) is 2.15. The Balaban J connectivity index is 1.93. The molecule has 0 spiro atoms. The first-order valence-electron chi connectivity index (χ1n) is 6.43. The van der Waals surface area contributed by atoms with Gasteiger partial charge in [-0.1, -0.05) is 18.6 Å². The molecule has 1 aromatic rings. The lowest BCUT2D eigenvalue weighted by Gasteiger charge is -2.21. The van der Waals surface area contributed by atoms with Crippen molar-refractivity contribution >= 4 is 23.4 Å². The summed E-state index contributed by atoms with van der Waals surface area (Å²) in [5.74, 6) is 1.16. The molecule has 1 aromatic carbocycles. The van der Waals surface area contributed by atoms with Crippen molar-refractivity contribution in [3.05, 3.63) is 29.3 Å². The van der Waals surface area contributed by atoms with Gasteiger partial charge in [-0.25, -0.2) is 0 Å². The molecule has 0 aliphatic carbocycles. The van der Waals surface area contributed by atoms with Crippen molar-refractivity contribution in [2.75, 3.05) is 18.0 Å². The van der Waals surface area contributed by atoms with Gasteiger partial charge < -0.3 is 11.1 Å². The summed E-state index contributed by atoms with van der Waals surface area (Å²) in [7, 11) is 0. The zero-order valence-corrected chi connectivity index (χ0v) is 11.6. The Bertz CT molecular complexity index is 428. The van der Waals surface area contributed by atoms with Gasteiger partial charge in [-0.3, -0.25) is 4.79 Å². The van der Waals surface area contributed by atoms with E-state index in [2.05, 4.69) is 5.32 Å². The van der Waals surface area contributed by atoms with Crippen LogP contribution in [0, 0.1) is 6.92 Å². The fraction of sp³-hybridized carbons (Fsp3) is 0.500. The number of nitrogens with two attached hydrogens (primary N) is 1. The Morgan fingerprint density at radius 2 is 2.33 bits per heavy atom. The zero-order chi connectivity index (χ0) is 13.0. The summed E-state index contributed by atoms with van der Waals surface area (Å²) < 4.78 is 0. The van der Waals surface area contributed by atoms with Crippen LogP contribution in [0.4, 0.5) is 5.69 Å². The third-order valence-electron chi connectivity index (χ3n) is 3.33. The van der Waals surface area contributed by atoms with Crippen molar-refractivity contribution in [2.24, 2.45) is 0 Å². The highest BCUT2D eigenvalue weighted by Crippen LogP contribution is 2.24. The second kappa shape index (κ2) is 6.14. The molecule has 98 valence electrons. The monoisotopic (exact) mass is 264 g/mol. The van der Waals surface area contributed by atoms with Crippen LogP contribution in [-0.4, -0.2) is 23.5 Å². The maximum Gasteiger partial charge on any atom is 0.253 e. The van der Waals surface area contributed by atoms with Crippen molar-refractivity contribution < 1.29 is 4.79 Å². The molecule has 0 aromatic heterocycles. The van der Waals surface area contributed by atoms with E-state index in [9.17, 15) is 4.79 Å². The highest BCUT2D eigenvalue weighted by molar-refractivity contribution is 7.99. The van der Waals surface area contributed by atoms with Crippen LogP contribution in [0.1, 0.15) is 35.2 Å². The zero-order valence-electron chi connectivity index (χ0n) is 10.7. The third-order valence-corrected chi connectivity index (χ3v) is 4.73. The van der Waals surface area contributed by atoms with Gasteiger partial charge >= 0.3 is 0 Å². The number of carbonyl (C=O) groups excluding carboxylic acids is 1. The molecular formula is C14H20N2OS. The van der Waals surface area contributed by atoms with Crippen LogP contribution in [-0.2, 0) is 0 Å². The second-order valence-corrected chi connectivity index (χ2v) is 6.14. The molecule has 4 heteroatoms. The maximum atomic E-state index is 12.1. The van der Waals surface area contributed by atoms with Gasteiger partial charge in [0.1, 0.15) is 0 Å². The predicted octanol–water partition coefficient (Wildman–Crippen LogP) is 2.59. The molecule has 1 aliphatic heterocycles. The number of carbonyl (C=O) groups is 1. The lowest BCUT2D eigenvalue weighted by atomic mass is 10.1. The van der Waals surface area contributed by atoms with E-state index in [1.54, 1.807) is 6.07 Å². The number of hydrogen-bond donors (Lipinski definition) is 2. The first-order chi connectivity index (χ1) is 8.68. The molecule has 3 N–H and O–H groups in total. The summed E-state index contributed by atoms with van der Waals surface area (Å²) in [5.41, 5.74) is 8.06. The molecular weight excluding hydrogens is 244 g/mol. The van der Waals surface area contributed by atoms with Gasteiger partial charge in [0.2, 0.25) is 0 Å². The SMILES string of the molecule is Cc1cccc(C(=O)NCC2CCCCS2)c1N. The predicted molar refractivity (Wildman–Crippen MR) is 78.0 cm³/mol. The minimum Gasteiger partial charge on any atom is -0.398 e. The Kier molecular flexibility index (Phi) is 4.53. The first kappa shape index (κ1) is 13.3. The number of nitrogen functional groups attached to an aromatic ring is 1. The van der Waals surface area contributed by atoms with E-state index in [1.165, 1.54) is 25.0 Å². The van der Waals surface area contributed by atoms with Crippen LogP contribution in [0.25, 0.3) is 0 Å². The number of hydrogen-bond acceptors (Lipinski definition) is 3. The average Bonchev–Trinajstić information content (AvgIpc) is 2.40. The fourth-order valence-corrected chi connectivity index (χ4v) is 3.39. The second-order valence-electron chi connectivity index (χ2n) is 4.73. The lowest BCUT2D eigenvalue weighted by molar-refractivity contribution is 0.0954. The summed E-state index contributed by atoms with van der Waals surface area (Å²) in [5, 5.41) is 3.56. The highest BCUT2D eigenvalue weighted by Gasteiger charge is 2.16. The number of benzene rings is 1. The minimum absolute atomic E-state index is 0.0534. The van der Waals surface area contributed by atoms with Crippen molar-refractivity contribution in [1.29, 1.82) is 0 Å². The smallest absolute Gasteiger partial charge is 0.253 e. The largest absolute Gasteiger partial charge is 0.398 e. The summed E-state index contributed by atoms with van der Waals surface area (Å²) in [4.78, 5) is 12.1. The molecule has 18 heavy (non-hydrogen) atoms. The van der Waals surface area contributed by atoms with Gasteiger partial charge in [0.05, 0.1) is 5.56 Å². The molecule has 1 heterocycles. The van der Waals surface area contributed by atoms with Gasteiger partial charge in [-0.2, -0.15) is 11.8 Å². The minimum atomic E-state index is -0.0534. The summed E-state index contributed by atoms with van der Waals surface area (Å²) in [6, 6.07) is 5.57. The number of thioether (sulfide) groups is 1. The van der Waals surface area contributed by atoms with Crippen molar-refractivity contribution in [1.82, 2.24) is 5.32 Å². The Labute approximate surface area is 113 Å². The van der Waals surface area contributed by atoms with E-state index in [4.69, 9.17) is 5.73 Å². The molecule has 0 radical (unpaired) electrons. The molecule has 1 fully saturated rings. The number of amides is 1. The average molecular weight is 264 g/mol. The van der Waals surface area contributed by atoms with Gasteiger partial charge in [0.25, 0.3) is 5.91 Å². The number of anilines is 1. The van der Waals surface area contributed by atoms with E-state index < -0.39 is 0 Å². The molecule has 2 rings (SSSR count). The maximum absolute atomic E-state index is 12.1. The van der Waals surface area contributed by atoms with E-state index in [0.29, 0.717) is 16.5 Å². The molecule has 0 saturated carbocycles. The first-order valence-corrected chi connectivity index (χ1v) is 7.48. The molecule has 1 amide bonds. The number of nitrogens with one attached hydrogen (secondary N) is 1. The summed E-state index contributed by atoms with van der Waals surface area (Å²) in [6.07, 6.45) is 3.79. The Hall–Kier alpha value is -1.16. The van der Waals surface area contributed by atoms with Crippen LogP contribution in [0.5, 0.6) is 0 Å². The van der Waals surface area contributed by atoms with Crippen LogP contribution in [0.15, 0.2) is 18.2 Å². The van der Waals surface area contributed by atoms with Gasteiger partial charge in [-0.15, -0.1) is 0 Å².